The van der Waals surface area contributed by atoms with Crippen molar-refractivity contribution in [2.75, 3.05) is 23.7 Å². The third-order valence-electron chi connectivity index (χ3n) is 5.09. The lowest BCUT2D eigenvalue weighted by Gasteiger charge is -2.24. The van der Waals surface area contributed by atoms with Gasteiger partial charge in [-0.2, -0.15) is 0 Å². The summed E-state index contributed by atoms with van der Waals surface area (Å²) in [7, 11) is 0. The van der Waals surface area contributed by atoms with E-state index in [0.29, 0.717) is 6.04 Å². The Labute approximate surface area is 119 Å². The van der Waals surface area contributed by atoms with Crippen LogP contribution in [0.1, 0.15) is 36.0 Å². The van der Waals surface area contributed by atoms with Gasteiger partial charge in [0.1, 0.15) is 0 Å². The van der Waals surface area contributed by atoms with E-state index in [0.717, 1.165) is 41.9 Å². The molecular weight excluding hydrogens is 250 g/mol. The smallest absolute Gasteiger partial charge is 0.251 e. The van der Waals surface area contributed by atoms with Crippen LogP contribution in [0.2, 0.25) is 0 Å². The number of benzene rings is 1. The number of rotatable bonds is 2. The van der Waals surface area contributed by atoms with E-state index < -0.39 is 0 Å². The van der Waals surface area contributed by atoms with Gasteiger partial charge in [-0.3, -0.25) is 4.79 Å². The highest BCUT2D eigenvalue weighted by atomic mass is 16.1. The molecule has 0 saturated heterocycles. The number of fused-ring (bicyclic) bond motifs is 3. The summed E-state index contributed by atoms with van der Waals surface area (Å²) < 4.78 is 0. The minimum absolute atomic E-state index is 0.0812. The molecule has 0 aromatic heterocycles. The zero-order valence-corrected chi connectivity index (χ0v) is 11.6. The van der Waals surface area contributed by atoms with Crippen LogP contribution in [0.4, 0.5) is 11.4 Å². The monoisotopic (exact) mass is 271 g/mol. The van der Waals surface area contributed by atoms with Crippen LogP contribution in [0, 0.1) is 11.8 Å². The lowest BCUT2D eigenvalue weighted by atomic mass is 9.95. The van der Waals surface area contributed by atoms with Gasteiger partial charge in [-0.05, 0) is 49.3 Å². The second kappa shape index (κ2) is 4.69. The lowest BCUT2D eigenvalue weighted by Crippen LogP contribution is -2.38. The van der Waals surface area contributed by atoms with Crippen molar-refractivity contribution in [3.63, 3.8) is 0 Å². The Morgan fingerprint density at radius 1 is 1.10 bits per heavy atom. The largest absolute Gasteiger partial charge is 0.382 e. The second-order valence-corrected chi connectivity index (χ2v) is 6.37. The molecule has 1 amide bonds. The predicted octanol–water partition coefficient (Wildman–Crippen LogP) is 2.44. The molecule has 4 nitrogen and oxygen atoms in total. The van der Waals surface area contributed by atoms with E-state index in [9.17, 15) is 4.79 Å². The fourth-order valence-corrected chi connectivity index (χ4v) is 4.05. The molecule has 2 aliphatic carbocycles. The molecule has 0 radical (unpaired) electrons. The molecule has 1 aromatic rings. The van der Waals surface area contributed by atoms with Gasteiger partial charge in [0.05, 0.1) is 11.4 Å². The van der Waals surface area contributed by atoms with Gasteiger partial charge in [0.2, 0.25) is 0 Å². The van der Waals surface area contributed by atoms with Crippen molar-refractivity contribution in [3.8, 4) is 0 Å². The maximum Gasteiger partial charge on any atom is 0.251 e. The molecular formula is C16H21N3O. The van der Waals surface area contributed by atoms with Crippen molar-refractivity contribution in [2.45, 2.75) is 31.7 Å². The second-order valence-electron chi connectivity index (χ2n) is 6.37. The van der Waals surface area contributed by atoms with Crippen molar-refractivity contribution >= 4 is 17.3 Å². The van der Waals surface area contributed by atoms with E-state index in [4.69, 9.17) is 0 Å². The van der Waals surface area contributed by atoms with E-state index >= 15 is 0 Å². The quantitative estimate of drug-likeness (QED) is 0.774. The van der Waals surface area contributed by atoms with Crippen molar-refractivity contribution in [3.05, 3.63) is 23.8 Å². The number of hydrogen-bond acceptors (Lipinski definition) is 3. The zero-order valence-electron chi connectivity index (χ0n) is 11.6. The number of hydrogen-bond donors (Lipinski definition) is 3. The molecule has 3 atom stereocenters. The van der Waals surface area contributed by atoms with Crippen LogP contribution < -0.4 is 16.0 Å². The van der Waals surface area contributed by atoms with Crippen LogP contribution in [0.15, 0.2) is 18.2 Å². The first-order valence-electron chi connectivity index (χ1n) is 7.72. The van der Waals surface area contributed by atoms with Crippen LogP contribution in [0.3, 0.4) is 0 Å². The Morgan fingerprint density at radius 3 is 2.70 bits per heavy atom. The van der Waals surface area contributed by atoms with Gasteiger partial charge in [0, 0.05) is 24.7 Å². The lowest BCUT2D eigenvalue weighted by molar-refractivity contribution is 0.0923. The zero-order chi connectivity index (χ0) is 13.5. The first kappa shape index (κ1) is 12.1. The molecule has 3 N–H and O–H groups in total. The van der Waals surface area contributed by atoms with Gasteiger partial charge in [-0.1, -0.05) is 6.42 Å². The topological polar surface area (TPSA) is 53.2 Å². The molecule has 3 aliphatic rings. The predicted molar refractivity (Wildman–Crippen MR) is 80.1 cm³/mol. The summed E-state index contributed by atoms with van der Waals surface area (Å²) in [4.78, 5) is 12.4. The first-order chi connectivity index (χ1) is 9.79. The maximum absolute atomic E-state index is 12.4. The molecule has 106 valence electrons. The number of anilines is 2. The number of amides is 1. The summed E-state index contributed by atoms with van der Waals surface area (Å²) in [6, 6.07) is 6.28. The summed E-state index contributed by atoms with van der Waals surface area (Å²) in [5.41, 5.74) is 2.90. The highest BCUT2D eigenvalue weighted by molar-refractivity contribution is 5.96. The van der Waals surface area contributed by atoms with Crippen LogP contribution in [0.25, 0.3) is 0 Å². The molecule has 4 heteroatoms. The van der Waals surface area contributed by atoms with E-state index in [2.05, 4.69) is 16.0 Å². The minimum atomic E-state index is 0.0812. The van der Waals surface area contributed by atoms with E-state index in [1.54, 1.807) is 0 Å². The molecule has 1 aromatic carbocycles. The van der Waals surface area contributed by atoms with E-state index in [1.807, 2.05) is 18.2 Å². The van der Waals surface area contributed by atoms with Gasteiger partial charge in [0.25, 0.3) is 5.91 Å². The molecule has 3 unspecified atom stereocenters. The highest BCUT2D eigenvalue weighted by Crippen LogP contribution is 2.44. The molecule has 2 saturated carbocycles. The molecule has 4 rings (SSSR count). The van der Waals surface area contributed by atoms with Crippen molar-refractivity contribution in [1.29, 1.82) is 0 Å². The van der Waals surface area contributed by atoms with E-state index in [-0.39, 0.29) is 5.91 Å². The summed E-state index contributed by atoms with van der Waals surface area (Å²) in [6.45, 7) is 1.84. The molecule has 1 aliphatic heterocycles. The van der Waals surface area contributed by atoms with Crippen molar-refractivity contribution in [1.82, 2.24) is 5.32 Å². The average molecular weight is 271 g/mol. The van der Waals surface area contributed by atoms with Gasteiger partial charge in [0.15, 0.2) is 0 Å². The highest BCUT2D eigenvalue weighted by Gasteiger charge is 2.40. The van der Waals surface area contributed by atoms with Crippen LogP contribution in [-0.4, -0.2) is 25.0 Å². The molecule has 2 bridgehead atoms. The van der Waals surface area contributed by atoms with Gasteiger partial charge in [-0.25, -0.2) is 0 Å². The summed E-state index contributed by atoms with van der Waals surface area (Å²) in [6.07, 6.45) is 5.17. The fourth-order valence-electron chi connectivity index (χ4n) is 4.05. The van der Waals surface area contributed by atoms with Crippen LogP contribution >= 0.6 is 0 Å². The standard InChI is InChI=1S/C16H21N3O/c20-16(19-14-8-10-1-2-11(14)7-10)12-3-4-13-15(9-12)18-6-5-17-13/h3-4,9-11,14,17-18H,1-2,5-8H2,(H,19,20). The summed E-state index contributed by atoms with van der Waals surface area (Å²) >= 11 is 0. The summed E-state index contributed by atoms with van der Waals surface area (Å²) in [5, 5.41) is 9.91. The Hall–Kier alpha value is -1.71. The summed E-state index contributed by atoms with van der Waals surface area (Å²) in [5.74, 6) is 1.67. The van der Waals surface area contributed by atoms with Crippen LogP contribution in [0.5, 0.6) is 0 Å². The number of carbonyl (C=O) groups excluding carboxylic acids is 1. The normalized spacial score (nSPS) is 30.3. The Balaban J connectivity index is 1.48. The first-order valence-corrected chi connectivity index (χ1v) is 7.72. The third kappa shape index (κ3) is 2.03. The number of carbonyl (C=O) groups is 1. The molecule has 0 spiro atoms. The molecule has 20 heavy (non-hydrogen) atoms. The SMILES string of the molecule is O=C(NC1CC2CCC1C2)c1ccc2c(c1)NCCN2. The minimum Gasteiger partial charge on any atom is -0.382 e. The van der Waals surface area contributed by atoms with Crippen LogP contribution in [-0.2, 0) is 0 Å². The Morgan fingerprint density at radius 2 is 1.95 bits per heavy atom. The fraction of sp³-hybridized carbons (Fsp3) is 0.562. The van der Waals surface area contributed by atoms with Crippen molar-refractivity contribution < 1.29 is 4.79 Å². The number of nitrogens with one attached hydrogen (secondary N) is 3. The Bertz CT molecular complexity index is 543. The van der Waals surface area contributed by atoms with E-state index in [1.165, 1.54) is 25.7 Å². The third-order valence-corrected chi connectivity index (χ3v) is 5.09. The molecule has 1 heterocycles. The van der Waals surface area contributed by atoms with Gasteiger partial charge in [-0.15, -0.1) is 0 Å². The van der Waals surface area contributed by atoms with Gasteiger partial charge < -0.3 is 16.0 Å². The average Bonchev–Trinajstić information content (AvgIpc) is 3.09. The Kier molecular flexibility index (Phi) is 2.83. The van der Waals surface area contributed by atoms with Crippen molar-refractivity contribution in [2.24, 2.45) is 11.8 Å². The maximum atomic E-state index is 12.4. The molecule has 2 fully saturated rings. The van der Waals surface area contributed by atoms with Gasteiger partial charge >= 0.3 is 0 Å².